The number of amides is 2. The molecular weight excluding hydrogens is 695 g/mol. The summed E-state index contributed by atoms with van der Waals surface area (Å²) in [6.45, 7) is 25.5. The average Bonchev–Trinajstić information content (AvgIpc) is 3.22. The van der Waals surface area contributed by atoms with Crippen molar-refractivity contribution >= 4 is 40.7 Å². The highest BCUT2D eigenvalue weighted by Crippen LogP contribution is 2.38. The molecule has 3 heterocycles. The fraction of sp³-hybridized carbons (Fsp3) is 0.650. The molecule has 50 heavy (non-hydrogen) atoms. The summed E-state index contributed by atoms with van der Waals surface area (Å²) in [5, 5.41) is 0. The number of halogens is 1. The zero-order chi connectivity index (χ0) is 37.2. The number of nitrogens with zero attached hydrogens (tertiary/aromatic N) is 2. The number of benzene rings is 2. The number of rotatable bonds is 3. The topological polar surface area (TPSA) is 77.5 Å². The fourth-order valence-electron chi connectivity index (χ4n) is 6.65. The largest absolute Gasteiger partial charge is 0.494 e. The van der Waals surface area contributed by atoms with Gasteiger partial charge in [0.15, 0.2) is 0 Å². The molecule has 2 aromatic rings. The summed E-state index contributed by atoms with van der Waals surface area (Å²) in [5.41, 5.74) is 1.54. The van der Waals surface area contributed by atoms with E-state index in [0.717, 1.165) is 47.7 Å². The third-order valence-corrected chi connectivity index (χ3v) is 10.4. The van der Waals surface area contributed by atoms with Crippen LogP contribution in [0.15, 0.2) is 53.0 Å². The first-order chi connectivity index (χ1) is 23.0. The van der Waals surface area contributed by atoms with Gasteiger partial charge in [0, 0.05) is 17.6 Å². The van der Waals surface area contributed by atoms with Crippen LogP contribution in [0.1, 0.15) is 132 Å². The molecule has 2 amide bonds. The fourth-order valence-corrected chi connectivity index (χ4v) is 7.07. The highest BCUT2D eigenvalue weighted by Gasteiger charge is 2.52. The van der Waals surface area contributed by atoms with Gasteiger partial charge in [0.05, 0.1) is 23.3 Å². The number of carbonyl (C=O) groups is 2. The van der Waals surface area contributed by atoms with E-state index in [1.165, 1.54) is 5.56 Å². The van der Waals surface area contributed by atoms with Crippen LogP contribution in [0.5, 0.6) is 0 Å². The van der Waals surface area contributed by atoms with Crippen molar-refractivity contribution in [2.75, 3.05) is 13.1 Å². The van der Waals surface area contributed by atoms with Crippen LogP contribution in [0.3, 0.4) is 0 Å². The van der Waals surface area contributed by atoms with Crippen LogP contribution >= 0.6 is 15.9 Å². The Balaban J connectivity index is 0.000000237. The van der Waals surface area contributed by atoms with Gasteiger partial charge in [0.25, 0.3) is 0 Å². The molecule has 2 aromatic carbocycles. The molecular formula is C40H60BBrN2O6. The lowest BCUT2D eigenvalue weighted by molar-refractivity contribution is 0.00277. The van der Waals surface area contributed by atoms with Crippen LogP contribution in [-0.2, 0) is 18.8 Å². The van der Waals surface area contributed by atoms with Gasteiger partial charge in [0.1, 0.15) is 11.2 Å². The number of hydrogen-bond donors (Lipinski definition) is 0. The molecule has 5 rings (SSSR count). The monoisotopic (exact) mass is 754 g/mol. The molecule has 0 spiro atoms. The molecule has 0 radical (unpaired) electrons. The number of likely N-dealkylation sites (tertiary alicyclic amines) is 2. The molecule has 10 heteroatoms. The number of ether oxygens (including phenoxy) is 2. The van der Waals surface area contributed by atoms with Crippen LogP contribution in [0, 0.1) is 11.8 Å². The van der Waals surface area contributed by atoms with Gasteiger partial charge in [-0.2, -0.15) is 0 Å². The molecule has 3 saturated heterocycles. The van der Waals surface area contributed by atoms with E-state index in [1.807, 2.05) is 75.6 Å². The summed E-state index contributed by atoms with van der Waals surface area (Å²) < 4.78 is 24.8. The first kappa shape index (κ1) is 40.2. The average molecular weight is 756 g/mol. The van der Waals surface area contributed by atoms with Crippen molar-refractivity contribution in [1.82, 2.24) is 9.80 Å². The molecule has 0 aromatic heterocycles. The first-order valence-electron chi connectivity index (χ1n) is 18.3. The first-order valence-corrected chi connectivity index (χ1v) is 19.0. The highest BCUT2D eigenvalue weighted by molar-refractivity contribution is 9.10. The van der Waals surface area contributed by atoms with Gasteiger partial charge in [-0.1, -0.05) is 66.2 Å². The smallest absolute Gasteiger partial charge is 0.444 e. The van der Waals surface area contributed by atoms with E-state index in [0.29, 0.717) is 18.4 Å². The number of carbonyl (C=O) groups excluding carboxylic acids is 2. The predicted octanol–water partition coefficient (Wildman–Crippen LogP) is 9.85. The maximum absolute atomic E-state index is 12.9. The third kappa shape index (κ3) is 10.5. The lowest BCUT2D eigenvalue weighted by Crippen LogP contribution is -2.44. The minimum absolute atomic E-state index is 0.00317. The Kier molecular flexibility index (Phi) is 12.5. The molecule has 3 fully saturated rings. The van der Waals surface area contributed by atoms with Crippen molar-refractivity contribution in [1.29, 1.82) is 0 Å². The lowest BCUT2D eigenvalue weighted by atomic mass is 9.77. The SMILES string of the molecule is C[C@H]1CC[C@H](c2cccc(B3OC(C)(C)C(C)(C)O3)c2)N(C(=O)OC(C)(C)C)C1.C[C@H]1CC[C@H](c2cccc(Br)c2)N(C(=O)OC(C)(C)C)C1. The zero-order valence-electron chi connectivity index (χ0n) is 32.5. The van der Waals surface area contributed by atoms with Gasteiger partial charge in [-0.25, -0.2) is 9.59 Å². The van der Waals surface area contributed by atoms with Crippen molar-refractivity contribution in [2.45, 2.75) is 143 Å². The Labute approximate surface area is 310 Å². The number of piperidine rings is 2. The molecule has 3 aliphatic heterocycles. The van der Waals surface area contributed by atoms with Crippen LogP contribution in [-0.4, -0.2) is 64.6 Å². The van der Waals surface area contributed by atoms with Crippen molar-refractivity contribution < 1.29 is 28.4 Å². The van der Waals surface area contributed by atoms with E-state index < -0.39 is 18.3 Å². The van der Waals surface area contributed by atoms with Gasteiger partial charge >= 0.3 is 19.3 Å². The second-order valence-corrected chi connectivity index (χ2v) is 18.4. The maximum Gasteiger partial charge on any atom is 0.494 e. The van der Waals surface area contributed by atoms with Crippen LogP contribution in [0.2, 0.25) is 0 Å². The van der Waals surface area contributed by atoms with Crippen molar-refractivity contribution in [3.8, 4) is 0 Å². The molecule has 0 aliphatic carbocycles. The Morgan fingerprint density at radius 1 is 0.720 bits per heavy atom. The molecule has 0 N–H and O–H groups in total. The summed E-state index contributed by atoms with van der Waals surface area (Å²) in [7, 11) is -0.405. The molecule has 4 atom stereocenters. The summed E-state index contributed by atoms with van der Waals surface area (Å²) in [4.78, 5) is 29.2. The van der Waals surface area contributed by atoms with Gasteiger partial charge in [-0.05, 0) is 135 Å². The van der Waals surface area contributed by atoms with E-state index in [9.17, 15) is 9.59 Å². The summed E-state index contributed by atoms with van der Waals surface area (Å²) in [6.07, 6.45) is 3.68. The predicted molar refractivity (Wildman–Crippen MR) is 204 cm³/mol. The highest BCUT2D eigenvalue weighted by atomic mass is 79.9. The molecule has 3 aliphatic rings. The normalized spacial score (nSPS) is 25.0. The Bertz CT molecular complexity index is 1470. The van der Waals surface area contributed by atoms with Crippen molar-refractivity contribution in [2.24, 2.45) is 11.8 Å². The second-order valence-electron chi connectivity index (χ2n) is 17.5. The van der Waals surface area contributed by atoms with Gasteiger partial charge in [-0.15, -0.1) is 0 Å². The third-order valence-electron chi connectivity index (χ3n) is 9.95. The molecule has 0 unspecified atom stereocenters. The minimum Gasteiger partial charge on any atom is -0.444 e. The van der Waals surface area contributed by atoms with Crippen LogP contribution in [0.25, 0.3) is 0 Å². The Morgan fingerprint density at radius 3 is 1.56 bits per heavy atom. The van der Waals surface area contributed by atoms with E-state index >= 15 is 0 Å². The summed E-state index contributed by atoms with van der Waals surface area (Å²) >= 11 is 3.51. The molecule has 8 nitrogen and oxygen atoms in total. The van der Waals surface area contributed by atoms with Gasteiger partial charge in [0.2, 0.25) is 0 Å². The van der Waals surface area contributed by atoms with Gasteiger partial charge < -0.3 is 28.6 Å². The van der Waals surface area contributed by atoms with Crippen molar-refractivity contribution in [3.63, 3.8) is 0 Å². The van der Waals surface area contributed by atoms with E-state index in [4.69, 9.17) is 18.8 Å². The Hall–Kier alpha value is -2.56. The summed E-state index contributed by atoms with van der Waals surface area (Å²) in [6, 6.07) is 16.6. The molecule has 276 valence electrons. The molecule has 0 bridgehead atoms. The van der Waals surface area contributed by atoms with E-state index in [1.54, 1.807) is 0 Å². The molecule has 0 saturated carbocycles. The zero-order valence-corrected chi connectivity index (χ0v) is 34.1. The number of hydrogen-bond acceptors (Lipinski definition) is 6. The van der Waals surface area contributed by atoms with E-state index in [-0.39, 0.29) is 35.5 Å². The minimum atomic E-state index is -0.507. The van der Waals surface area contributed by atoms with E-state index in [2.05, 4.69) is 81.7 Å². The van der Waals surface area contributed by atoms with Crippen LogP contribution in [0.4, 0.5) is 9.59 Å². The van der Waals surface area contributed by atoms with Crippen molar-refractivity contribution in [3.05, 3.63) is 64.1 Å². The maximum atomic E-state index is 12.9. The lowest BCUT2D eigenvalue weighted by Gasteiger charge is -2.39. The van der Waals surface area contributed by atoms with Gasteiger partial charge in [-0.3, -0.25) is 0 Å². The standard InChI is InChI=1S/C23H36BNO4.C17H24BrNO2/c1-16-12-13-19(25(15-16)20(26)27-21(2,3)4)17-10-9-11-18(14-17)24-28-22(5,6)23(7,8)29-24;1-12-8-9-15(13-6-5-7-14(18)10-13)19(11-12)16(20)21-17(2,3)4/h9-11,14,16,19H,12-13,15H2,1-8H3;5-7,10,12,15H,8-9,11H2,1-4H3/t16-,19+;12-,15+/m00/s1. The van der Waals surface area contributed by atoms with Crippen LogP contribution < -0.4 is 5.46 Å². The quantitative estimate of drug-likeness (QED) is 0.291. The Morgan fingerprint density at radius 2 is 1.14 bits per heavy atom. The summed E-state index contributed by atoms with van der Waals surface area (Å²) in [5.74, 6) is 0.978. The second kappa shape index (κ2) is 15.6.